The molecule has 0 spiro atoms. The molecule has 0 amide bonds. The van der Waals surface area contributed by atoms with Gasteiger partial charge in [0.2, 0.25) is 5.82 Å². The number of nitrogens with one attached hydrogen (secondary N) is 2. The van der Waals surface area contributed by atoms with Crippen molar-refractivity contribution >= 4 is 5.69 Å². The Labute approximate surface area is 105 Å². The summed E-state index contributed by atoms with van der Waals surface area (Å²) in [6, 6.07) is 4.47. The van der Waals surface area contributed by atoms with Crippen LogP contribution in [0.2, 0.25) is 0 Å². The number of halogens is 1. The van der Waals surface area contributed by atoms with Crippen molar-refractivity contribution in [2.45, 2.75) is 25.4 Å². The van der Waals surface area contributed by atoms with E-state index in [1.807, 2.05) is 0 Å². The zero-order valence-corrected chi connectivity index (χ0v) is 9.99. The van der Waals surface area contributed by atoms with Gasteiger partial charge in [0.25, 0.3) is 0 Å². The standard InChI is InChI=1S/C12H16FN3O2/c13-11-7-9(1-2-12(11)16(17)18)8-15-10-3-5-14-6-4-10/h1-2,7,10,14-15H,3-6,8H2. The largest absolute Gasteiger partial charge is 0.317 e. The van der Waals surface area contributed by atoms with Gasteiger partial charge in [-0.15, -0.1) is 0 Å². The zero-order valence-electron chi connectivity index (χ0n) is 9.99. The fourth-order valence-corrected chi connectivity index (χ4v) is 2.10. The lowest BCUT2D eigenvalue weighted by atomic mass is 10.1. The average Bonchev–Trinajstić information content (AvgIpc) is 2.37. The predicted molar refractivity (Wildman–Crippen MR) is 65.8 cm³/mol. The van der Waals surface area contributed by atoms with E-state index in [0.717, 1.165) is 31.5 Å². The second-order valence-electron chi connectivity index (χ2n) is 4.45. The average molecular weight is 253 g/mol. The summed E-state index contributed by atoms with van der Waals surface area (Å²) in [6.45, 7) is 2.53. The highest BCUT2D eigenvalue weighted by molar-refractivity contribution is 5.34. The smallest absolute Gasteiger partial charge is 0.304 e. The SMILES string of the molecule is O=[N+]([O-])c1ccc(CNC2CCNCC2)cc1F. The van der Waals surface area contributed by atoms with E-state index in [9.17, 15) is 14.5 Å². The molecule has 0 aliphatic carbocycles. The fraction of sp³-hybridized carbons (Fsp3) is 0.500. The van der Waals surface area contributed by atoms with Gasteiger partial charge < -0.3 is 10.6 Å². The van der Waals surface area contributed by atoms with E-state index >= 15 is 0 Å². The summed E-state index contributed by atoms with van der Waals surface area (Å²) in [5.74, 6) is -0.774. The number of rotatable bonds is 4. The molecule has 0 unspecified atom stereocenters. The lowest BCUT2D eigenvalue weighted by Crippen LogP contribution is -2.39. The fourth-order valence-electron chi connectivity index (χ4n) is 2.10. The molecule has 0 aromatic heterocycles. The summed E-state index contributed by atoms with van der Waals surface area (Å²) >= 11 is 0. The van der Waals surface area contributed by atoms with Gasteiger partial charge in [0.1, 0.15) is 0 Å². The summed E-state index contributed by atoms with van der Waals surface area (Å²) in [5.41, 5.74) is 0.261. The van der Waals surface area contributed by atoms with Gasteiger partial charge in [-0.3, -0.25) is 10.1 Å². The third-order valence-electron chi connectivity index (χ3n) is 3.14. The molecule has 1 aliphatic heterocycles. The van der Waals surface area contributed by atoms with Crippen molar-refractivity contribution in [2.24, 2.45) is 0 Å². The first-order chi connectivity index (χ1) is 8.66. The number of nitro benzene ring substituents is 1. The number of nitrogens with zero attached hydrogens (tertiary/aromatic N) is 1. The summed E-state index contributed by atoms with van der Waals surface area (Å²) in [4.78, 5) is 9.77. The van der Waals surface area contributed by atoms with Crippen molar-refractivity contribution in [3.8, 4) is 0 Å². The molecule has 1 aromatic carbocycles. The maximum absolute atomic E-state index is 13.4. The van der Waals surface area contributed by atoms with Crippen LogP contribution in [0.15, 0.2) is 18.2 Å². The van der Waals surface area contributed by atoms with Gasteiger partial charge >= 0.3 is 5.69 Å². The molecule has 1 aliphatic rings. The van der Waals surface area contributed by atoms with E-state index in [4.69, 9.17) is 0 Å². The number of nitro groups is 1. The molecule has 1 saturated heterocycles. The lowest BCUT2D eigenvalue weighted by Gasteiger charge is -2.23. The quantitative estimate of drug-likeness (QED) is 0.631. The molecule has 1 aromatic rings. The molecule has 5 nitrogen and oxygen atoms in total. The Kier molecular flexibility index (Phi) is 4.22. The van der Waals surface area contributed by atoms with Gasteiger partial charge in [0.15, 0.2) is 0 Å². The van der Waals surface area contributed by atoms with Crippen LogP contribution in [0.5, 0.6) is 0 Å². The molecule has 6 heteroatoms. The highest BCUT2D eigenvalue weighted by Crippen LogP contribution is 2.18. The Morgan fingerprint density at radius 2 is 2.17 bits per heavy atom. The first-order valence-corrected chi connectivity index (χ1v) is 6.04. The van der Waals surface area contributed by atoms with E-state index in [1.165, 1.54) is 12.1 Å². The van der Waals surface area contributed by atoms with Crippen molar-refractivity contribution < 1.29 is 9.31 Å². The number of hydrogen-bond donors (Lipinski definition) is 2. The summed E-state index contributed by atoms with van der Waals surface area (Å²) in [5, 5.41) is 17.1. The normalized spacial score (nSPS) is 16.7. The Balaban J connectivity index is 1.93. The maximum atomic E-state index is 13.4. The first-order valence-electron chi connectivity index (χ1n) is 6.04. The van der Waals surface area contributed by atoms with Crippen LogP contribution in [0, 0.1) is 15.9 Å². The van der Waals surface area contributed by atoms with Crippen LogP contribution in [0.3, 0.4) is 0 Å². The minimum absolute atomic E-state index is 0.435. The molecule has 0 saturated carbocycles. The van der Waals surface area contributed by atoms with Crippen LogP contribution in [0.25, 0.3) is 0 Å². The minimum atomic E-state index is -0.774. The van der Waals surface area contributed by atoms with Gasteiger partial charge in [-0.1, -0.05) is 6.07 Å². The Morgan fingerprint density at radius 3 is 2.78 bits per heavy atom. The van der Waals surface area contributed by atoms with Crippen molar-refractivity contribution in [1.82, 2.24) is 10.6 Å². The summed E-state index contributed by atoms with van der Waals surface area (Å²) in [6.07, 6.45) is 2.10. The third kappa shape index (κ3) is 3.24. The van der Waals surface area contributed by atoms with Crippen LogP contribution in [-0.2, 0) is 6.54 Å². The lowest BCUT2D eigenvalue weighted by molar-refractivity contribution is -0.387. The van der Waals surface area contributed by atoms with Crippen molar-refractivity contribution in [3.63, 3.8) is 0 Å². The molecule has 18 heavy (non-hydrogen) atoms. The molecular formula is C12H16FN3O2. The Hall–Kier alpha value is -1.53. The number of hydrogen-bond acceptors (Lipinski definition) is 4. The molecule has 1 heterocycles. The molecule has 98 valence electrons. The monoisotopic (exact) mass is 253 g/mol. The summed E-state index contributed by atoms with van der Waals surface area (Å²) in [7, 11) is 0. The maximum Gasteiger partial charge on any atom is 0.304 e. The minimum Gasteiger partial charge on any atom is -0.317 e. The molecule has 0 radical (unpaired) electrons. The van der Waals surface area contributed by atoms with E-state index in [-0.39, 0.29) is 0 Å². The number of benzene rings is 1. The zero-order chi connectivity index (χ0) is 13.0. The van der Waals surface area contributed by atoms with Crippen LogP contribution >= 0.6 is 0 Å². The van der Waals surface area contributed by atoms with Crippen LogP contribution in [-0.4, -0.2) is 24.1 Å². The van der Waals surface area contributed by atoms with Crippen LogP contribution in [0.1, 0.15) is 18.4 Å². The molecule has 0 bridgehead atoms. The highest BCUT2D eigenvalue weighted by Gasteiger charge is 2.15. The Morgan fingerprint density at radius 1 is 1.44 bits per heavy atom. The topological polar surface area (TPSA) is 67.2 Å². The Bertz CT molecular complexity index is 433. The highest BCUT2D eigenvalue weighted by atomic mass is 19.1. The first kappa shape index (κ1) is 12.9. The molecule has 2 rings (SSSR count). The van der Waals surface area contributed by atoms with E-state index in [0.29, 0.717) is 12.6 Å². The van der Waals surface area contributed by atoms with E-state index in [2.05, 4.69) is 10.6 Å². The van der Waals surface area contributed by atoms with E-state index < -0.39 is 16.4 Å². The second-order valence-corrected chi connectivity index (χ2v) is 4.45. The van der Waals surface area contributed by atoms with Gasteiger partial charge in [0, 0.05) is 18.7 Å². The van der Waals surface area contributed by atoms with Gasteiger partial charge in [-0.05, 0) is 37.6 Å². The molecular weight excluding hydrogens is 237 g/mol. The molecule has 1 fully saturated rings. The van der Waals surface area contributed by atoms with Gasteiger partial charge in [0.05, 0.1) is 4.92 Å². The molecule has 2 N–H and O–H groups in total. The van der Waals surface area contributed by atoms with Crippen molar-refractivity contribution in [2.75, 3.05) is 13.1 Å². The van der Waals surface area contributed by atoms with Crippen molar-refractivity contribution in [1.29, 1.82) is 0 Å². The van der Waals surface area contributed by atoms with Crippen LogP contribution < -0.4 is 10.6 Å². The van der Waals surface area contributed by atoms with Crippen molar-refractivity contribution in [3.05, 3.63) is 39.7 Å². The second kappa shape index (κ2) is 5.88. The van der Waals surface area contributed by atoms with Crippen LogP contribution in [0.4, 0.5) is 10.1 Å². The third-order valence-corrected chi connectivity index (χ3v) is 3.14. The summed E-state index contributed by atoms with van der Waals surface area (Å²) < 4.78 is 13.4. The number of piperidine rings is 1. The van der Waals surface area contributed by atoms with Gasteiger partial charge in [-0.2, -0.15) is 4.39 Å². The predicted octanol–water partition coefficient (Wildman–Crippen LogP) is 1.58. The van der Waals surface area contributed by atoms with E-state index in [1.54, 1.807) is 6.07 Å². The molecule has 0 atom stereocenters. The van der Waals surface area contributed by atoms with Gasteiger partial charge in [-0.25, -0.2) is 0 Å².